The molecule has 1 aromatic carbocycles. The average Bonchev–Trinajstić information content (AvgIpc) is 3.27. The Labute approximate surface area is 142 Å². The lowest BCUT2D eigenvalue weighted by atomic mass is 10.1. The molecule has 0 saturated heterocycles. The number of nitrogens with one attached hydrogen (secondary N) is 1. The predicted molar refractivity (Wildman–Crippen MR) is 90.5 cm³/mol. The first-order valence-corrected chi connectivity index (χ1v) is 8.20. The van der Waals surface area contributed by atoms with Crippen molar-refractivity contribution in [2.75, 3.05) is 13.7 Å². The minimum absolute atomic E-state index is 0.0917. The van der Waals surface area contributed by atoms with Gasteiger partial charge in [-0.1, -0.05) is 17.3 Å². The summed E-state index contributed by atoms with van der Waals surface area (Å²) in [4.78, 5) is 13.0. The number of amides is 1. The molecule has 2 aromatic heterocycles. The Balaban J connectivity index is 1.56. The van der Waals surface area contributed by atoms with Crippen molar-refractivity contribution in [3.05, 3.63) is 53.0 Å². The number of benzene rings is 1. The van der Waals surface area contributed by atoms with Crippen molar-refractivity contribution in [3.8, 4) is 22.1 Å². The summed E-state index contributed by atoms with van der Waals surface area (Å²) in [7, 11) is 1.50. The second-order valence-electron chi connectivity index (χ2n) is 5.07. The highest BCUT2D eigenvalue weighted by Gasteiger charge is 2.14. The van der Waals surface area contributed by atoms with Gasteiger partial charge in [0.1, 0.15) is 0 Å². The number of phenols is 1. The van der Waals surface area contributed by atoms with E-state index in [0.29, 0.717) is 24.5 Å². The van der Waals surface area contributed by atoms with Crippen molar-refractivity contribution in [3.63, 3.8) is 0 Å². The number of aromatic nitrogens is 1. The lowest BCUT2D eigenvalue weighted by Gasteiger charge is -2.07. The Bertz CT molecular complexity index is 827. The number of rotatable bonds is 6. The Morgan fingerprint density at radius 2 is 2.25 bits per heavy atom. The predicted octanol–water partition coefficient (Wildman–Crippen LogP) is 3.09. The summed E-state index contributed by atoms with van der Waals surface area (Å²) in [6.07, 6.45) is 0.609. The van der Waals surface area contributed by atoms with E-state index < -0.39 is 0 Å². The summed E-state index contributed by atoms with van der Waals surface area (Å²) in [5, 5.41) is 18.1. The van der Waals surface area contributed by atoms with Crippen LogP contribution in [0.4, 0.5) is 0 Å². The molecule has 2 N–H and O–H groups in total. The molecule has 1 amide bonds. The summed E-state index contributed by atoms with van der Waals surface area (Å²) in [5.41, 5.74) is 1.20. The molecule has 3 aromatic rings. The third kappa shape index (κ3) is 3.57. The summed E-state index contributed by atoms with van der Waals surface area (Å²) < 4.78 is 10.3. The summed E-state index contributed by atoms with van der Waals surface area (Å²) in [5.74, 6) is 0.802. The van der Waals surface area contributed by atoms with Gasteiger partial charge in [0.05, 0.1) is 12.0 Å². The maximum Gasteiger partial charge on any atom is 0.273 e. The molecule has 0 aliphatic rings. The lowest BCUT2D eigenvalue weighted by Crippen LogP contribution is -2.25. The topological polar surface area (TPSA) is 84.6 Å². The molecule has 0 aliphatic heterocycles. The number of hydrogen-bond donors (Lipinski definition) is 2. The van der Waals surface area contributed by atoms with E-state index in [1.165, 1.54) is 18.4 Å². The Morgan fingerprint density at radius 3 is 3.00 bits per heavy atom. The number of carbonyl (C=O) groups is 1. The minimum Gasteiger partial charge on any atom is -0.504 e. The molecule has 3 rings (SSSR count). The van der Waals surface area contributed by atoms with Crippen LogP contribution in [-0.2, 0) is 6.42 Å². The Kier molecular flexibility index (Phi) is 4.81. The maximum atomic E-state index is 12.1. The number of thiophene rings is 1. The molecule has 7 heteroatoms. The van der Waals surface area contributed by atoms with E-state index in [1.807, 2.05) is 17.5 Å². The Hall–Kier alpha value is -2.80. The molecular weight excluding hydrogens is 328 g/mol. The zero-order valence-corrected chi connectivity index (χ0v) is 13.8. The van der Waals surface area contributed by atoms with Gasteiger partial charge in [0, 0.05) is 12.6 Å². The van der Waals surface area contributed by atoms with Crippen LogP contribution >= 0.6 is 11.3 Å². The van der Waals surface area contributed by atoms with Gasteiger partial charge in [-0.2, -0.15) is 0 Å². The van der Waals surface area contributed by atoms with E-state index in [4.69, 9.17) is 9.26 Å². The third-order valence-corrected chi connectivity index (χ3v) is 4.33. The summed E-state index contributed by atoms with van der Waals surface area (Å²) >= 11 is 1.52. The molecular formula is C17H16N2O4S. The molecule has 0 spiro atoms. The number of aromatic hydroxyl groups is 1. The highest BCUT2D eigenvalue weighted by atomic mass is 32.1. The van der Waals surface area contributed by atoms with E-state index in [2.05, 4.69) is 10.5 Å². The number of nitrogens with zero attached hydrogens (tertiary/aromatic N) is 1. The van der Waals surface area contributed by atoms with Crippen molar-refractivity contribution >= 4 is 17.2 Å². The fourth-order valence-electron chi connectivity index (χ4n) is 2.21. The largest absolute Gasteiger partial charge is 0.504 e. The van der Waals surface area contributed by atoms with E-state index in [9.17, 15) is 9.90 Å². The number of hydrogen-bond acceptors (Lipinski definition) is 6. The molecule has 124 valence electrons. The molecule has 0 unspecified atom stereocenters. The van der Waals surface area contributed by atoms with Crippen LogP contribution in [0.15, 0.2) is 46.3 Å². The zero-order chi connectivity index (χ0) is 16.9. The van der Waals surface area contributed by atoms with Crippen molar-refractivity contribution in [2.45, 2.75) is 6.42 Å². The van der Waals surface area contributed by atoms with Gasteiger partial charge in [-0.25, -0.2) is 0 Å². The summed E-state index contributed by atoms with van der Waals surface area (Å²) in [6, 6.07) is 10.5. The minimum atomic E-state index is -0.285. The molecule has 0 radical (unpaired) electrons. The Morgan fingerprint density at radius 1 is 1.38 bits per heavy atom. The van der Waals surface area contributed by atoms with Gasteiger partial charge in [0.15, 0.2) is 23.0 Å². The van der Waals surface area contributed by atoms with Gasteiger partial charge in [0.2, 0.25) is 0 Å². The van der Waals surface area contributed by atoms with Crippen LogP contribution in [-0.4, -0.2) is 29.8 Å². The standard InChI is InChI=1S/C17H16N2O4S/c1-22-14-9-11(4-5-13(14)20)6-7-18-17(21)12-10-15(23-19-12)16-3-2-8-24-16/h2-5,8-10,20H,6-7H2,1H3,(H,18,21). The molecule has 6 nitrogen and oxygen atoms in total. The highest BCUT2D eigenvalue weighted by Crippen LogP contribution is 2.26. The first kappa shape index (κ1) is 16.1. The monoisotopic (exact) mass is 344 g/mol. The van der Waals surface area contributed by atoms with Crippen molar-refractivity contribution in [1.82, 2.24) is 10.5 Å². The van der Waals surface area contributed by atoms with Crippen molar-refractivity contribution < 1.29 is 19.2 Å². The average molecular weight is 344 g/mol. The fourth-order valence-corrected chi connectivity index (χ4v) is 2.88. The van der Waals surface area contributed by atoms with E-state index in [-0.39, 0.29) is 17.4 Å². The van der Waals surface area contributed by atoms with Gasteiger partial charge in [-0.05, 0) is 35.6 Å². The van der Waals surface area contributed by atoms with Gasteiger partial charge in [0.25, 0.3) is 5.91 Å². The summed E-state index contributed by atoms with van der Waals surface area (Å²) in [6.45, 7) is 0.438. The normalized spacial score (nSPS) is 10.5. The van der Waals surface area contributed by atoms with Crippen molar-refractivity contribution in [2.24, 2.45) is 0 Å². The maximum absolute atomic E-state index is 12.1. The van der Waals surface area contributed by atoms with Gasteiger partial charge < -0.3 is 19.7 Å². The van der Waals surface area contributed by atoms with Crippen LogP contribution in [0, 0.1) is 0 Å². The second-order valence-corrected chi connectivity index (χ2v) is 6.01. The van der Waals surface area contributed by atoms with Crippen LogP contribution in [0.1, 0.15) is 16.1 Å². The first-order chi connectivity index (χ1) is 11.7. The van der Waals surface area contributed by atoms with Crippen LogP contribution in [0.2, 0.25) is 0 Å². The lowest BCUT2D eigenvalue weighted by molar-refractivity contribution is 0.0945. The van der Waals surface area contributed by atoms with E-state index in [1.54, 1.807) is 24.3 Å². The van der Waals surface area contributed by atoms with Gasteiger partial charge in [-0.15, -0.1) is 11.3 Å². The van der Waals surface area contributed by atoms with Crippen molar-refractivity contribution in [1.29, 1.82) is 0 Å². The van der Waals surface area contributed by atoms with Crippen LogP contribution in [0.25, 0.3) is 10.6 Å². The SMILES string of the molecule is COc1cc(CCNC(=O)c2cc(-c3cccs3)on2)ccc1O. The molecule has 0 atom stereocenters. The quantitative estimate of drug-likeness (QED) is 0.718. The van der Waals surface area contributed by atoms with Crippen LogP contribution in [0.5, 0.6) is 11.5 Å². The number of methoxy groups -OCH3 is 1. The smallest absolute Gasteiger partial charge is 0.273 e. The molecule has 24 heavy (non-hydrogen) atoms. The van der Waals surface area contributed by atoms with Gasteiger partial charge >= 0.3 is 0 Å². The van der Waals surface area contributed by atoms with Crippen LogP contribution < -0.4 is 10.1 Å². The molecule has 0 saturated carbocycles. The number of ether oxygens (including phenoxy) is 1. The zero-order valence-electron chi connectivity index (χ0n) is 13.0. The highest BCUT2D eigenvalue weighted by molar-refractivity contribution is 7.13. The first-order valence-electron chi connectivity index (χ1n) is 7.32. The number of phenolic OH excluding ortho intramolecular Hbond substituents is 1. The van der Waals surface area contributed by atoms with Gasteiger partial charge in [-0.3, -0.25) is 4.79 Å². The molecule has 2 heterocycles. The molecule has 0 fully saturated rings. The molecule has 0 aliphatic carbocycles. The third-order valence-electron chi connectivity index (χ3n) is 3.45. The van der Waals surface area contributed by atoms with Crippen LogP contribution in [0.3, 0.4) is 0 Å². The van der Waals surface area contributed by atoms with E-state index in [0.717, 1.165) is 10.4 Å². The van der Waals surface area contributed by atoms with E-state index >= 15 is 0 Å². The fraction of sp³-hybridized carbons (Fsp3) is 0.176. The number of carbonyl (C=O) groups excluding carboxylic acids is 1. The second kappa shape index (κ2) is 7.18. The molecule has 0 bridgehead atoms.